The van der Waals surface area contributed by atoms with E-state index in [1.54, 1.807) is 31.7 Å². The summed E-state index contributed by atoms with van der Waals surface area (Å²) < 4.78 is 12.7. The number of benzene rings is 2. The highest BCUT2D eigenvalue weighted by Crippen LogP contribution is 2.36. The predicted molar refractivity (Wildman–Crippen MR) is 113 cm³/mol. The van der Waals surface area contributed by atoms with E-state index < -0.39 is 0 Å². The summed E-state index contributed by atoms with van der Waals surface area (Å²) in [6, 6.07) is 8.73. The van der Waals surface area contributed by atoms with Crippen LogP contribution in [-0.4, -0.2) is 23.0 Å². The third kappa shape index (κ3) is 4.70. The van der Waals surface area contributed by atoms with Gasteiger partial charge in [0, 0.05) is 10.6 Å². The van der Waals surface area contributed by atoms with E-state index >= 15 is 0 Å². The van der Waals surface area contributed by atoms with E-state index in [0.717, 1.165) is 16.8 Å². The SMILES string of the molecule is COc1ccc(C=Nn2cc(C)nc2N)cc1COc1c(Cl)cc(Cl)cc1Cl. The van der Waals surface area contributed by atoms with Gasteiger partial charge in [0.1, 0.15) is 12.4 Å². The molecule has 0 aliphatic carbocycles. The van der Waals surface area contributed by atoms with Crippen molar-refractivity contribution in [2.24, 2.45) is 5.10 Å². The second-order valence-corrected chi connectivity index (χ2v) is 7.14. The first-order valence-corrected chi connectivity index (χ1v) is 9.31. The van der Waals surface area contributed by atoms with Crippen molar-refractivity contribution < 1.29 is 9.47 Å². The molecule has 28 heavy (non-hydrogen) atoms. The van der Waals surface area contributed by atoms with Gasteiger partial charge in [-0.2, -0.15) is 5.10 Å². The van der Waals surface area contributed by atoms with E-state index in [9.17, 15) is 0 Å². The fraction of sp³-hybridized carbons (Fsp3) is 0.158. The molecule has 0 aliphatic rings. The summed E-state index contributed by atoms with van der Waals surface area (Å²) in [6.45, 7) is 2.04. The molecule has 0 spiro atoms. The Kier molecular flexibility index (Phi) is 6.34. The fourth-order valence-corrected chi connectivity index (χ4v) is 3.46. The summed E-state index contributed by atoms with van der Waals surface area (Å²) >= 11 is 18.3. The zero-order chi connectivity index (χ0) is 20.3. The number of nitrogens with two attached hydrogens (primary N) is 1. The highest BCUT2D eigenvalue weighted by molar-refractivity contribution is 6.40. The van der Waals surface area contributed by atoms with E-state index in [-0.39, 0.29) is 6.61 Å². The molecule has 0 atom stereocenters. The number of aryl methyl sites for hydroxylation is 1. The highest BCUT2D eigenvalue weighted by atomic mass is 35.5. The van der Waals surface area contributed by atoms with Crippen LogP contribution in [0.25, 0.3) is 0 Å². The summed E-state index contributed by atoms with van der Waals surface area (Å²) in [7, 11) is 1.59. The number of hydrogen-bond acceptors (Lipinski definition) is 5. The molecule has 1 heterocycles. The minimum absolute atomic E-state index is 0.193. The molecule has 0 bridgehead atoms. The number of hydrogen-bond donors (Lipinski definition) is 1. The summed E-state index contributed by atoms with van der Waals surface area (Å²) in [6.07, 6.45) is 3.41. The van der Waals surface area contributed by atoms with Crippen LogP contribution < -0.4 is 15.2 Å². The van der Waals surface area contributed by atoms with Gasteiger partial charge in [-0.05, 0) is 42.8 Å². The van der Waals surface area contributed by atoms with E-state index in [2.05, 4.69) is 10.1 Å². The second-order valence-electron chi connectivity index (χ2n) is 5.89. The molecule has 146 valence electrons. The molecule has 3 aromatic rings. The summed E-state index contributed by atoms with van der Waals surface area (Å²) in [5.74, 6) is 1.34. The van der Waals surface area contributed by atoms with Crippen LogP contribution in [-0.2, 0) is 6.61 Å². The molecular formula is C19H17Cl3N4O2. The molecule has 3 rings (SSSR count). The van der Waals surface area contributed by atoms with Gasteiger partial charge in [-0.25, -0.2) is 9.66 Å². The predicted octanol–water partition coefficient (Wildman–Crippen LogP) is 5.20. The van der Waals surface area contributed by atoms with Crippen molar-refractivity contribution in [2.45, 2.75) is 13.5 Å². The first kappa shape index (κ1) is 20.3. The van der Waals surface area contributed by atoms with E-state index in [1.807, 2.05) is 25.1 Å². The Hall–Kier alpha value is -2.41. The lowest BCUT2D eigenvalue weighted by atomic mass is 10.1. The Morgan fingerprint density at radius 2 is 1.89 bits per heavy atom. The molecule has 2 aromatic carbocycles. The number of nitrogens with zero attached hydrogens (tertiary/aromatic N) is 3. The van der Waals surface area contributed by atoms with E-state index in [4.69, 9.17) is 50.0 Å². The maximum absolute atomic E-state index is 6.17. The number of methoxy groups -OCH3 is 1. The number of ether oxygens (including phenoxy) is 2. The molecule has 0 saturated heterocycles. The molecule has 0 amide bonds. The van der Waals surface area contributed by atoms with Crippen molar-refractivity contribution in [2.75, 3.05) is 12.8 Å². The third-order valence-electron chi connectivity index (χ3n) is 3.81. The van der Waals surface area contributed by atoms with Gasteiger partial charge in [-0.15, -0.1) is 0 Å². The Bertz CT molecular complexity index is 1010. The normalized spacial score (nSPS) is 11.2. The smallest absolute Gasteiger partial charge is 0.221 e. The Labute approximate surface area is 177 Å². The van der Waals surface area contributed by atoms with E-state index in [0.29, 0.717) is 32.5 Å². The first-order chi connectivity index (χ1) is 13.4. The van der Waals surface area contributed by atoms with Gasteiger partial charge in [0.15, 0.2) is 5.75 Å². The third-order valence-corrected chi connectivity index (χ3v) is 4.59. The van der Waals surface area contributed by atoms with Gasteiger partial charge in [0.2, 0.25) is 5.95 Å². The molecule has 9 heteroatoms. The van der Waals surface area contributed by atoms with Gasteiger partial charge >= 0.3 is 0 Å². The topological polar surface area (TPSA) is 74.7 Å². The monoisotopic (exact) mass is 438 g/mol. The van der Waals surface area contributed by atoms with Crippen LogP contribution in [0.15, 0.2) is 41.6 Å². The molecule has 0 unspecified atom stereocenters. The van der Waals surface area contributed by atoms with Crippen molar-refractivity contribution >= 4 is 47.0 Å². The van der Waals surface area contributed by atoms with Crippen LogP contribution in [0.4, 0.5) is 5.95 Å². The molecule has 0 saturated carbocycles. The summed E-state index contributed by atoms with van der Waals surface area (Å²) in [5.41, 5.74) is 8.21. The zero-order valence-corrected chi connectivity index (χ0v) is 17.4. The molecule has 6 nitrogen and oxygen atoms in total. The van der Waals surface area contributed by atoms with Crippen LogP contribution in [0, 0.1) is 6.92 Å². The first-order valence-electron chi connectivity index (χ1n) is 8.17. The number of rotatable bonds is 6. The summed E-state index contributed by atoms with van der Waals surface area (Å²) in [5, 5.41) is 5.42. The number of imidazole rings is 1. The average Bonchev–Trinajstić information content (AvgIpc) is 2.96. The van der Waals surface area contributed by atoms with Crippen LogP contribution >= 0.6 is 34.8 Å². The minimum atomic E-state index is 0.193. The molecule has 0 radical (unpaired) electrons. The van der Waals surface area contributed by atoms with Crippen molar-refractivity contribution in [1.29, 1.82) is 0 Å². The lowest BCUT2D eigenvalue weighted by molar-refractivity contribution is 0.297. The lowest BCUT2D eigenvalue weighted by Crippen LogP contribution is -2.01. The number of anilines is 1. The Morgan fingerprint density at radius 3 is 2.50 bits per heavy atom. The largest absolute Gasteiger partial charge is 0.496 e. The van der Waals surface area contributed by atoms with Crippen LogP contribution in [0.5, 0.6) is 11.5 Å². The van der Waals surface area contributed by atoms with Gasteiger partial charge in [0.25, 0.3) is 0 Å². The van der Waals surface area contributed by atoms with Gasteiger partial charge < -0.3 is 15.2 Å². The standard InChI is InChI=1S/C19H17Cl3N4O2/c1-11-9-26(19(23)25-11)24-8-12-3-4-17(27-2)13(5-12)10-28-18-15(21)6-14(20)7-16(18)22/h3-9H,10H2,1-2H3,(H2,23,25). The fourth-order valence-electron chi connectivity index (χ4n) is 2.53. The highest BCUT2D eigenvalue weighted by Gasteiger charge is 2.12. The van der Waals surface area contributed by atoms with Crippen molar-refractivity contribution in [1.82, 2.24) is 9.66 Å². The molecular weight excluding hydrogens is 423 g/mol. The van der Waals surface area contributed by atoms with Crippen molar-refractivity contribution in [3.63, 3.8) is 0 Å². The second kappa shape index (κ2) is 8.73. The Morgan fingerprint density at radius 1 is 1.18 bits per heavy atom. The minimum Gasteiger partial charge on any atom is -0.496 e. The van der Waals surface area contributed by atoms with Crippen LogP contribution in [0.2, 0.25) is 15.1 Å². The van der Waals surface area contributed by atoms with Crippen LogP contribution in [0.3, 0.4) is 0 Å². The number of aromatic nitrogens is 2. The van der Waals surface area contributed by atoms with E-state index in [1.165, 1.54) is 4.68 Å². The molecule has 1 aromatic heterocycles. The van der Waals surface area contributed by atoms with Gasteiger partial charge in [-0.1, -0.05) is 34.8 Å². The Balaban J connectivity index is 1.83. The van der Waals surface area contributed by atoms with Crippen LogP contribution in [0.1, 0.15) is 16.8 Å². The molecule has 2 N–H and O–H groups in total. The molecule has 0 aliphatic heterocycles. The lowest BCUT2D eigenvalue weighted by Gasteiger charge is -2.13. The number of nitrogen functional groups attached to an aromatic ring is 1. The van der Waals surface area contributed by atoms with Crippen molar-refractivity contribution in [3.05, 3.63) is 68.4 Å². The van der Waals surface area contributed by atoms with Crippen molar-refractivity contribution in [3.8, 4) is 11.5 Å². The average molecular weight is 440 g/mol. The van der Waals surface area contributed by atoms with Gasteiger partial charge in [-0.3, -0.25) is 0 Å². The maximum atomic E-state index is 6.17. The molecule has 0 fully saturated rings. The summed E-state index contributed by atoms with van der Waals surface area (Å²) in [4.78, 5) is 4.11. The number of halogens is 3. The quantitative estimate of drug-likeness (QED) is 0.535. The van der Waals surface area contributed by atoms with Gasteiger partial charge in [0.05, 0.1) is 35.3 Å². The zero-order valence-electron chi connectivity index (χ0n) is 15.1. The maximum Gasteiger partial charge on any atom is 0.221 e.